The molecular weight excluding hydrogens is 252 g/mol. The fourth-order valence-corrected chi connectivity index (χ4v) is 2.57. The molecule has 0 aromatic heterocycles. The number of ether oxygens (including phenoxy) is 1. The van der Waals surface area contributed by atoms with E-state index in [1.54, 1.807) is 7.11 Å². The zero-order valence-electron chi connectivity index (χ0n) is 12.4. The fourth-order valence-electron chi connectivity index (χ4n) is 2.57. The summed E-state index contributed by atoms with van der Waals surface area (Å²) in [6.45, 7) is 5.05. The number of rotatable bonds is 5. The molecule has 2 rings (SSSR count). The third-order valence-electron chi connectivity index (χ3n) is 3.92. The molecule has 0 aliphatic carbocycles. The van der Waals surface area contributed by atoms with Crippen LogP contribution in [0.25, 0.3) is 0 Å². The van der Waals surface area contributed by atoms with Gasteiger partial charge in [-0.2, -0.15) is 0 Å². The van der Waals surface area contributed by atoms with Crippen LogP contribution in [-0.2, 0) is 11.2 Å². The quantitative estimate of drug-likeness (QED) is 0.861. The first kappa shape index (κ1) is 14.9. The van der Waals surface area contributed by atoms with E-state index in [0.717, 1.165) is 30.9 Å². The lowest BCUT2D eigenvalue weighted by Crippen LogP contribution is -2.45. The molecule has 1 aromatic carbocycles. The van der Waals surface area contributed by atoms with Gasteiger partial charge in [0.2, 0.25) is 5.91 Å². The van der Waals surface area contributed by atoms with Gasteiger partial charge in [-0.05, 0) is 42.5 Å². The van der Waals surface area contributed by atoms with Crippen molar-refractivity contribution in [3.63, 3.8) is 0 Å². The first-order chi connectivity index (χ1) is 9.61. The maximum absolute atomic E-state index is 12.0. The van der Waals surface area contributed by atoms with Crippen LogP contribution >= 0.6 is 0 Å². The van der Waals surface area contributed by atoms with Crippen molar-refractivity contribution < 1.29 is 9.53 Å². The van der Waals surface area contributed by atoms with Gasteiger partial charge in [-0.25, -0.2) is 0 Å². The first-order valence-corrected chi connectivity index (χ1v) is 7.22. The molecule has 20 heavy (non-hydrogen) atoms. The summed E-state index contributed by atoms with van der Waals surface area (Å²) in [7, 11) is 1.64. The Kier molecular flexibility index (Phi) is 5.01. The van der Waals surface area contributed by atoms with Crippen molar-refractivity contribution in [3.05, 3.63) is 29.8 Å². The van der Waals surface area contributed by atoms with Crippen LogP contribution < -0.4 is 15.4 Å². The molecule has 4 heteroatoms. The summed E-state index contributed by atoms with van der Waals surface area (Å²) in [5.74, 6) is 0.900. The molecule has 4 nitrogen and oxygen atoms in total. The Labute approximate surface area is 120 Å². The highest BCUT2D eigenvalue weighted by molar-refractivity contribution is 5.78. The molecule has 1 atom stereocenters. The lowest BCUT2D eigenvalue weighted by Gasteiger charge is -2.34. The van der Waals surface area contributed by atoms with Crippen molar-refractivity contribution in [2.45, 2.75) is 26.2 Å². The van der Waals surface area contributed by atoms with Crippen molar-refractivity contribution >= 4 is 5.91 Å². The minimum Gasteiger partial charge on any atom is -0.497 e. The van der Waals surface area contributed by atoms with Crippen LogP contribution in [0.2, 0.25) is 0 Å². The molecule has 1 aliphatic rings. The van der Waals surface area contributed by atoms with Gasteiger partial charge in [0.25, 0.3) is 0 Å². The Hall–Kier alpha value is -1.55. The van der Waals surface area contributed by atoms with Gasteiger partial charge in [-0.15, -0.1) is 0 Å². The standard InChI is InChI=1S/C16H24N2O2/c1-16(8-3-9-17-11-16)12-18-15(19)10-13-4-6-14(20-2)7-5-13/h4-7,17H,3,8-12H2,1-2H3,(H,18,19). The highest BCUT2D eigenvalue weighted by Gasteiger charge is 2.26. The molecule has 1 heterocycles. The monoisotopic (exact) mass is 276 g/mol. The predicted octanol–water partition coefficient (Wildman–Crippen LogP) is 1.74. The molecule has 1 saturated heterocycles. The summed E-state index contributed by atoms with van der Waals surface area (Å²) >= 11 is 0. The number of hydrogen-bond acceptors (Lipinski definition) is 3. The molecule has 1 unspecified atom stereocenters. The van der Waals surface area contributed by atoms with Gasteiger partial charge in [0, 0.05) is 13.1 Å². The second-order valence-corrected chi connectivity index (χ2v) is 5.89. The molecule has 0 spiro atoms. The van der Waals surface area contributed by atoms with E-state index in [9.17, 15) is 4.79 Å². The minimum atomic E-state index is 0.0852. The van der Waals surface area contributed by atoms with Crippen LogP contribution in [0.4, 0.5) is 0 Å². The zero-order valence-corrected chi connectivity index (χ0v) is 12.4. The SMILES string of the molecule is COc1ccc(CC(=O)NCC2(C)CCCNC2)cc1. The summed E-state index contributed by atoms with van der Waals surface area (Å²) in [5.41, 5.74) is 1.20. The summed E-state index contributed by atoms with van der Waals surface area (Å²) in [6.07, 6.45) is 2.78. The van der Waals surface area contributed by atoms with E-state index in [-0.39, 0.29) is 11.3 Å². The topological polar surface area (TPSA) is 50.4 Å². The smallest absolute Gasteiger partial charge is 0.224 e. The fraction of sp³-hybridized carbons (Fsp3) is 0.562. The van der Waals surface area contributed by atoms with E-state index in [2.05, 4.69) is 17.6 Å². The highest BCUT2D eigenvalue weighted by atomic mass is 16.5. The highest BCUT2D eigenvalue weighted by Crippen LogP contribution is 2.24. The molecule has 1 aliphatic heterocycles. The van der Waals surface area contributed by atoms with E-state index >= 15 is 0 Å². The van der Waals surface area contributed by atoms with Crippen LogP contribution in [0, 0.1) is 5.41 Å². The first-order valence-electron chi connectivity index (χ1n) is 7.22. The Morgan fingerprint density at radius 3 is 2.75 bits per heavy atom. The van der Waals surface area contributed by atoms with Gasteiger partial charge in [-0.1, -0.05) is 19.1 Å². The van der Waals surface area contributed by atoms with Crippen molar-refractivity contribution in [1.82, 2.24) is 10.6 Å². The maximum atomic E-state index is 12.0. The average Bonchev–Trinajstić information content (AvgIpc) is 2.47. The largest absolute Gasteiger partial charge is 0.497 e. The van der Waals surface area contributed by atoms with Crippen LogP contribution in [-0.4, -0.2) is 32.7 Å². The van der Waals surface area contributed by atoms with E-state index in [4.69, 9.17) is 4.74 Å². The summed E-state index contributed by atoms with van der Waals surface area (Å²) in [6, 6.07) is 7.63. The summed E-state index contributed by atoms with van der Waals surface area (Å²) in [5, 5.41) is 6.46. The molecule has 1 amide bonds. The number of piperidine rings is 1. The third kappa shape index (κ3) is 4.23. The lowest BCUT2D eigenvalue weighted by molar-refractivity contribution is -0.121. The molecule has 1 fully saturated rings. The molecule has 110 valence electrons. The van der Waals surface area contributed by atoms with Crippen LogP contribution in [0.15, 0.2) is 24.3 Å². The number of methoxy groups -OCH3 is 1. The normalized spacial score (nSPS) is 22.3. The number of benzene rings is 1. The minimum absolute atomic E-state index is 0.0852. The predicted molar refractivity (Wildman–Crippen MR) is 79.9 cm³/mol. The van der Waals surface area contributed by atoms with Crippen molar-refractivity contribution in [3.8, 4) is 5.75 Å². The Morgan fingerprint density at radius 1 is 1.40 bits per heavy atom. The van der Waals surface area contributed by atoms with E-state index < -0.39 is 0 Å². The second-order valence-electron chi connectivity index (χ2n) is 5.89. The molecule has 2 N–H and O–H groups in total. The second kappa shape index (κ2) is 6.75. The Bertz CT molecular complexity index is 436. The van der Waals surface area contributed by atoms with E-state index in [0.29, 0.717) is 6.42 Å². The van der Waals surface area contributed by atoms with Gasteiger partial charge in [-0.3, -0.25) is 4.79 Å². The maximum Gasteiger partial charge on any atom is 0.224 e. The molecule has 0 bridgehead atoms. The lowest BCUT2D eigenvalue weighted by atomic mass is 9.83. The van der Waals surface area contributed by atoms with E-state index in [1.807, 2.05) is 24.3 Å². The average molecular weight is 276 g/mol. The number of carbonyl (C=O) groups is 1. The van der Waals surface area contributed by atoms with Crippen molar-refractivity contribution in [1.29, 1.82) is 0 Å². The number of hydrogen-bond donors (Lipinski definition) is 2. The van der Waals surface area contributed by atoms with Crippen LogP contribution in [0.1, 0.15) is 25.3 Å². The molecule has 0 radical (unpaired) electrons. The van der Waals surface area contributed by atoms with Gasteiger partial charge >= 0.3 is 0 Å². The summed E-state index contributed by atoms with van der Waals surface area (Å²) in [4.78, 5) is 12.0. The zero-order chi connectivity index (χ0) is 14.4. The molecule has 1 aromatic rings. The third-order valence-corrected chi connectivity index (χ3v) is 3.92. The molecular formula is C16H24N2O2. The van der Waals surface area contributed by atoms with Crippen LogP contribution in [0.5, 0.6) is 5.75 Å². The van der Waals surface area contributed by atoms with Gasteiger partial charge in [0.05, 0.1) is 13.5 Å². The van der Waals surface area contributed by atoms with Crippen molar-refractivity contribution in [2.75, 3.05) is 26.7 Å². The Morgan fingerprint density at radius 2 is 2.15 bits per heavy atom. The van der Waals surface area contributed by atoms with Gasteiger partial charge in [0.15, 0.2) is 0 Å². The van der Waals surface area contributed by atoms with Crippen LogP contribution in [0.3, 0.4) is 0 Å². The van der Waals surface area contributed by atoms with E-state index in [1.165, 1.54) is 12.8 Å². The Balaban J connectivity index is 1.79. The number of nitrogens with one attached hydrogen (secondary N) is 2. The number of amides is 1. The number of carbonyl (C=O) groups excluding carboxylic acids is 1. The van der Waals surface area contributed by atoms with Crippen molar-refractivity contribution in [2.24, 2.45) is 5.41 Å². The van der Waals surface area contributed by atoms with Gasteiger partial charge in [0.1, 0.15) is 5.75 Å². The summed E-state index contributed by atoms with van der Waals surface area (Å²) < 4.78 is 5.11. The molecule has 0 saturated carbocycles. The van der Waals surface area contributed by atoms with Gasteiger partial charge < -0.3 is 15.4 Å².